The fourth-order valence-corrected chi connectivity index (χ4v) is 4.82. The highest BCUT2D eigenvalue weighted by Crippen LogP contribution is 2.11. The van der Waals surface area contributed by atoms with E-state index in [0.717, 1.165) is 57.8 Å². The minimum absolute atomic E-state index is 0.0109. The van der Waals surface area contributed by atoms with Crippen LogP contribution < -0.4 is 5.32 Å². The lowest BCUT2D eigenvalue weighted by molar-refractivity contribution is -0.124. The zero-order valence-electron chi connectivity index (χ0n) is 27.4. The second-order valence-corrected chi connectivity index (χ2v) is 11.7. The Bertz CT molecular complexity index is 700. The van der Waals surface area contributed by atoms with Crippen LogP contribution in [-0.4, -0.2) is 46.1 Å². The molecule has 5 nitrogen and oxygen atoms in total. The summed E-state index contributed by atoms with van der Waals surface area (Å²) in [5.41, 5.74) is 0. The number of rotatable bonds is 30. The molecule has 0 aliphatic heterocycles. The first-order valence-corrected chi connectivity index (χ1v) is 17.4. The molecule has 0 fully saturated rings. The Labute approximate surface area is 259 Å². The van der Waals surface area contributed by atoms with E-state index in [1.807, 2.05) is 6.08 Å². The summed E-state index contributed by atoms with van der Waals surface area (Å²) < 4.78 is 0. The Morgan fingerprint density at radius 2 is 1.05 bits per heavy atom. The van der Waals surface area contributed by atoms with Gasteiger partial charge >= 0.3 is 0 Å². The first-order chi connectivity index (χ1) is 20.5. The molecule has 0 spiro atoms. The minimum Gasteiger partial charge on any atom is -0.394 e. The molecule has 0 aromatic rings. The highest BCUT2D eigenvalue weighted by atomic mass is 16.3. The summed E-state index contributed by atoms with van der Waals surface area (Å²) in [6, 6.07) is -0.770. The third-order valence-electron chi connectivity index (χ3n) is 7.57. The maximum atomic E-state index is 12.3. The maximum Gasteiger partial charge on any atom is 0.222 e. The van der Waals surface area contributed by atoms with Gasteiger partial charge in [-0.2, -0.15) is 0 Å². The first-order valence-electron chi connectivity index (χ1n) is 17.4. The van der Waals surface area contributed by atoms with Gasteiger partial charge in [0.25, 0.3) is 0 Å². The molecule has 0 rings (SSSR count). The van der Waals surface area contributed by atoms with Crippen molar-refractivity contribution in [1.82, 2.24) is 5.32 Å². The van der Waals surface area contributed by atoms with Crippen LogP contribution in [0.2, 0.25) is 0 Å². The topological polar surface area (TPSA) is 89.8 Å². The maximum absolute atomic E-state index is 12.3. The third-order valence-corrected chi connectivity index (χ3v) is 7.57. The summed E-state index contributed by atoms with van der Waals surface area (Å²) in [6.07, 6.45) is 39.5. The van der Waals surface area contributed by atoms with Crippen LogP contribution in [-0.2, 0) is 4.79 Å². The number of aliphatic hydroxyl groups is 3. The van der Waals surface area contributed by atoms with Crippen molar-refractivity contribution in [3.63, 3.8) is 0 Å². The van der Waals surface area contributed by atoms with Crippen LogP contribution >= 0.6 is 0 Å². The molecular weight excluding hydrogens is 522 g/mol. The van der Waals surface area contributed by atoms with Crippen LogP contribution in [0.1, 0.15) is 155 Å². The van der Waals surface area contributed by atoms with Gasteiger partial charge < -0.3 is 20.6 Å². The minimum atomic E-state index is -0.961. The van der Waals surface area contributed by atoms with Gasteiger partial charge in [-0.15, -0.1) is 0 Å². The number of carbonyl (C=O) groups excluding carboxylic acids is 1. The SMILES string of the molecule is CCCC/C=C\CCCCCC(O)CC(=O)NC(CO)C(O)/C=C/CC/C=C/CC/C=C/CCCCCCCCCC. The number of carbonyl (C=O) groups is 1. The van der Waals surface area contributed by atoms with E-state index in [9.17, 15) is 20.1 Å². The normalized spacial score (nSPS) is 14.5. The van der Waals surface area contributed by atoms with Gasteiger partial charge in [-0.3, -0.25) is 4.79 Å². The summed E-state index contributed by atoms with van der Waals surface area (Å²) in [6.45, 7) is 4.11. The number of nitrogens with one attached hydrogen (secondary N) is 1. The fraction of sp³-hybridized carbons (Fsp3) is 0.757. The number of hydrogen-bond acceptors (Lipinski definition) is 4. The van der Waals surface area contributed by atoms with E-state index in [0.29, 0.717) is 6.42 Å². The van der Waals surface area contributed by atoms with Gasteiger partial charge in [0, 0.05) is 0 Å². The quantitative estimate of drug-likeness (QED) is 0.0497. The lowest BCUT2D eigenvalue weighted by Crippen LogP contribution is -2.45. The molecule has 0 aromatic heterocycles. The van der Waals surface area contributed by atoms with E-state index >= 15 is 0 Å². The molecule has 0 saturated heterocycles. The predicted octanol–water partition coefficient (Wildman–Crippen LogP) is 9.03. The largest absolute Gasteiger partial charge is 0.394 e. The number of hydrogen-bond donors (Lipinski definition) is 4. The van der Waals surface area contributed by atoms with Crippen LogP contribution in [0.4, 0.5) is 0 Å². The van der Waals surface area contributed by atoms with E-state index in [4.69, 9.17) is 0 Å². The van der Waals surface area contributed by atoms with Crippen LogP contribution in [0.3, 0.4) is 0 Å². The van der Waals surface area contributed by atoms with Crippen molar-refractivity contribution in [2.45, 2.75) is 173 Å². The molecule has 0 saturated carbocycles. The zero-order valence-corrected chi connectivity index (χ0v) is 27.4. The van der Waals surface area contributed by atoms with Crippen molar-refractivity contribution in [3.8, 4) is 0 Å². The lowest BCUT2D eigenvalue weighted by Gasteiger charge is -2.20. The summed E-state index contributed by atoms with van der Waals surface area (Å²) >= 11 is 0. The van der Waals surface area contributed by atoms with E-state index in [1.54, 1.807) is 6.08 Å². The molecule has 0 bridgehead atoms. The molecule has 1 amide bonds. The van der Waals surface area contributed by atoms with Gasteiger partial charge in [0.2, 0.25) is 5.91 Å². The van der Waals surface area contributed by atoms with E-state index in [1.165, 1.54) is 70.6 Å². The third kappa shape index (κ3) is 28.4. The van der Waals surface area contributed by atoms with Gasteiger partial charge in [0.1, 0.15) is 0 Å². The molecule has 0 aromatic carbocycles. The van der Waals surface area contributed by atoms with Gasteiger partial charge in [-0.05, 0) is 64.2 Å². The number of allylic oxidation sites excluding steroid dienone is 7. The summed E-state index contributed by atoms with van der Waals surface area (Å²) in [7, 11) is 0. The van der Waals surface area contributed by atoms with Crippen molar-refractivity contribution in [2.24, 2.45) is 0 Å². The second-order valence-electron chi connectivity index (χ2n) is 11.7. The van der Waals surface area contributed by atoms with Crippen molar-refractivity contribution in [3.05, 3.63) is 48.6 Å². The van der Waals surface area contributed by atoms with Crippen molar-refractivity contribution in [2.75, 3.05) is 6.61 Å². The average molecular weight is 590 g/mol. The molecule has 0 aliphatic carbocycles. The van der Waals surface area contributed by atoms with Crippen molar-refractivity contribution < 1.29 is 20.1 Å². The van der Waals surface area contributed by atoms with Gasteiger partial charge in [0.05, 0.1) is 31.3 Å². The molecule has 0 aliphatic rings. The molecule has 3 unspecified atom stereocenters. The summed E-state index contributed by atoms with van der Waals surface area (Å²) in [5, 5.41) is 32.8. The fourth-order valence-electron chi connectivity index (χ4n) is 4.82. The molecule has 5 heteroatoms. The van der Waals surface area contributed by atoms with E-state index < -0.39 is 18.2 Å². The van der Waals surface area contributed by atoms with Crippen LogP contribution in [0.5, 0.6) is 0 Å². The van der Waals surface area contributed by atoms with Crippen molar-refractivity contribution >= 4 is 5.91 Å². The Balaban J connectivity index is 3.87. The second kappa shape index (κ2) is 32.2. The summed E-state index contributed by atoms with van der Waals surface area (Å²) in [4.78, 5) is 12.3. The molecular formula is C37H67NO4. The van der Waals surface area contributed by atoms with E-state index in [2.05, 4.69) is 55.6 Å². The smallest absolute Gasteiger partial charge is 0.222 e. The predicted molar refractivity (Wildman–Crippen MR) is 181 cm³/mol. The molecule has 3 atom stereocenters. The monoisotopic (exact) mass is 590 g/mol. The number of unbranched alkanes of at least 4 members (excludes halogenated alkanes) is 15. The lowest BCUT2D eigenvalue weighted by atomic mass is 10.1. The van der Waals surface area contributed by atoms with Crippen molar-refractivity contribution in [1.29, 1.82) is 0 Å². The Morgan fingerprint density at radius 3 is 1.60 bits per heavy atom. The summed E-state index contributed by atoms with van der Waals surface area (Å²) in [5.74, 6) is -0.345. The molecule has 0 heterocycles. The molecule has 4 N–H and O–H groups in total. The van der Waals surface area contributed by atoms with Gasteiger partial charge in [-0.1, -0.05) is 133 Å². The standard InChI is InChI=1S/C37H67NO4/c1-3-5-7-9-11-13-14-15-16-17-18-19-20-21-23-25-27-29-31-36(41)35(33-39)38-37(42)32-34(40)30-28-26-24-22-12-10-8-6-4-2/h10,12,17-18,21,23,29,31,34-36,39-41H,3-9,11,13-16,19-20,22,24-28,30,32-33H2,1-2H3,(H,38,42)/b12-10-,18-17+,23-21+,31-29+. The first kappa shape index (κ1) is 40.3. The average Bonchev–Trinajstić information content (AvgIpc) is 2.98. The van der Waals surface area contributed by atoms with Crippen LogP contribution in [0.15, 0.2) is 48.6 Å². The molecule has 42 heavy (non-hydrogen) atoms. The highest BCUT2D eigenvalue weighted by Gasteiger charge is 2.19. The Hall–Kier alpha value is -1.69. The number of aliphatic hydroxyl groups excluding tert-OH is 3. The van der Waals surface area contributed by atoms with Gasteiger partial charge in [-0.25, -0.2) is 0 Å². The number of amides is 1. The van der Waals surface area contributed by atoms with Gasteiger partial charge in [0.15, 0.2) is 0 Å². The zero-order chi connectivity index (χ0) is 30.9. The highest BCUT2D eigenvalue weighted by molar-refractivity contribution is 5.76. The molecule has 244 valence electrons. The molecule has 0 radical (unpaired) electrons. The van der Waals surface area contributed by atoms with Crippen LogP contribution in [0, 0.1) is 0 Å². The van der Waals surface area contributed by atoms with E-state index in [-0.39, 0.29) is 18.9 Å². The Morgan fingerprint density at radius 1 is 0.595 bits per heavy atom. The Kier molecular flexibility index (Phi) is 30.9. The van der Waals surface area contributed by atoms with Crippen LogP contribution in [0.25, 0.3) is 0 Å².